The Bertz CT molecular complexity index is 762. The highest BCUT2D eigenvalue weighted by Gasteiger charge is 2.19. The smallest absolute Gasteiger partial charge is 0.320 e. The van der Waals surface area contributed by atoms with E-state index in [0.717, 1.165) is 6.42 Å². The Kier molecular flexibility index (Phi) is 4.14. The average molecular weight is 311 g/mol. The van der Waals surface area contributed by atoms with Crippen molar-refractivity contribution in [2.75, 3.05) is 18.4 Å². The number of carbonyl (C=O) groups excluding carboxylic acids is 1. The van der Waals surface area contributed by atoms with Gasteiger partial charge < -0.3 is 4.90 Å². The highest BCUT2D eigenvalue weighted by Crippen LogP contribution is 2.26. The summed E-state index contributed by atoms with van der Waals surface area (Å²) in [5, 5.41) is 10.4. The number of nitrogens with one attached hydrogen (secondary N) is 1. The molecule has 2 heterocycles. The van der Waals surface area contributed by atoms with Crippen molar-refractivity contribution >= 4 is 17.4 Å². The van der Waals surface area contributed by atoms with Gasteiger partial charge in [-0.25, -0.2) is 9.48 Å². The number of anilines is 1. The molecule has 1 aromatic heterocycles. The van der Waals surface area contributed by atoms with E-state index in [-0.39, 0.29) is 6.03 Å². The minimum atomic E-state index is -0.119. The van der Waals surface area contributed by atoms with E-state index in [2.05, 4.69) is 53.8 Å². The molecule has 1 aliphatic rings. The van der Waals surface area contributed by atoms with E-state index in [4.69, 9.17) is 0 Å². The van der Waals surface area contributed by atoms with Crippen LogP contribution in [0.3, 0.4) is 0 Å². The van der Waals surface area contributed by atoms with Gasteiger partial charge in [0, 0.05) is 20.1 Å². The molecule has 0 saturated heterocycles. The summed E-state index contributed by atoms with van der Waals surface area (Å²) in [6, 6.07) is 6.26. The van der Waals surface area contributed by atoms with Gasteiger partial charge in [0.25, 0.3) is 0 Å². The molecule has 6 nitrogen and oxygen atoms in total. The Morgan fingerprint density at radius 1 is 1.30 bits per heavy atom. The molecule has 0 spiro atoms. The van der Waals surface area contributed by atoms with Crippen molar-refractivity contribution in [1.82, 2.24) is 19.9 Å². The van der Waals surface area contributed by atoms with Gasteiger partial charge in [0.1, 0.15) is 0 Å². The van der Waals surface area contributed by atoms with Crippen LogP contribution in [0.15, 0.2) is 30.5 Å². The minimum absolute atomic E-state index is 0.119. The number of hydrogen-bond donors (Lipinski definition) is 1. The summed E-state index contributed by atoms with van der Waals surface area (Å²) in [7, 11) is 1.75. The molecule has 0 saturated carbocycles. The molecule has 3 rings (SSSR count). The summed E-state index contributed by atoms with van der Waals surface area (Å²) in [5.41, 5.74) is 5.23. The summed E-state index contributed by atoms with van der Waals surface area (Å²) in [5.74, 6) is 0.597. The van der Waals surface area contributed by atoms with E-state index < -0.39 is 0 Å². The van der Waals surface area contributed by atoms with Gasteiger partial charge in [-0.2, -0.15) is 0 Å². The number of rotatable bonds is 2. The van der Waals surface area contributed by atoms with Gasteiger partial charge in [0.2, 0.25) is 0 Å². The maximum absolute atomic E-state index is 12.3. The average Bonchev–Trinajstić information content (AvgIpc) is 2.95. The van der Waals surface area contributed by atoms with Crippen LogP contribution in [0.1, 0.15) is 23.1 Å². The van der Waals surface area contributed by atoms with Crippen LogP contribution in [0, 0.1) is 13.8 Å². The normalized spacial score (nSPS) is 14.6. The first-order valence-corrected chi connectivity index (χ1v) is 7.72. The third kappa shape index (κ3) is 3.11. The van der Waals surface area contributed by atoms with Gasteiger partial charge in [0.15, 0.2) is 5.82 Å². The van der Waals surface area contributed by atoms with E-state index in [1.165, 1.54) is 22.3 Å². The van der Waals surface area contributed by atoms with Gasteiger partial charge >= 0.3 is 6.03 Å². The van der Waals surface area contributed by atoms with Crippen LogP contribution in [0.4, 0.5) is 10.6 Å². The number of hydrogen-bond acceptors (Lipinski definition) is 3. The highest BCUT2D eigenvalue weighted by atomic mass is 16.2. The lowest BCUT2D eigenvalue weighted by Crippen LogP contribution is -2.38. The third-order valence-electron chi connectivity index (χ3n) is 4.40. The molecule has 2 aromatic rings. The summed E-state index contributed by atoms with van der Waals surface area (Å²) >= 11 is 0. The Hall–Kier alpha value is -2.63. The molecule has 0 aliphatic carbocycles. The van der Waals surface area contributed by atoms with E-state index in [0.29, 0.717) is 18.9 Å². The van der Waals surface area contributed by atoms with Crippen molar-refractivity contribution in [3.05, 3.63) is 47.2 Å². The summed E-state index contributed by atoms with van der Waals surface area (Å²) in [6.45, 7) is 5.60. The summed E-state index contributed by atoms with van der Waals surface area (Å²) in [4.78, 5) is 14.1. The number of carbonyl (C=O) groups is 1. The zero-order valence-corrected chi connectivity index (χ0v) is 13.7. The van der Waals surface area contributed by atoms with Crippen LogP contribution in [0.5, 0.6) is 0 Å². The second-order valence-electron chi connectivity index (χ2n) is 5.85. The second-order valence-corrected chi connectivity index (χ2v) is 5.85. The Morgan fingerprint density at radius 3 is 2.78 bits per heavy atom. The molecule has 2 amide bonds. The van der Waals surface area contributed by atoms with Gasteiger partial charge in [-0.15, -0.1) is 5.10 Å². The number of aromatic nitrogens is 3. The molecule has 0 atom stereocenters. The predicted molar refractivity (Wildman–Crippen MR) is 90.1 cm³/mol. The van der Waals surface area contributed by atoms with Crippen LogP contribution < -0.4 is 5.32 Å². The molecule has 0 bridgehead atoms. The molecular weight excluding hydrogens is 290 g/mol. The van der Waals surface area contributed by atoms with Crippen LogP contribution >= 0.6 is 0 Å². The molecule has 0 fully saturated rings. The van der Waals surface area contributed by atoms with Crippen LogP contribution in [-0.4, -0.2) is 39.0 Å². The van der Waals surface area contributed by atoms with Gasteiger partial charge in [0.05, 0.1) is 6.20 Å². The molecule has 1 aromatic carbocycles. The van der Waals surface area contributed by atoms with E-state index in [1.54, 1.807) is 22.8 Å². The number of aryl methyl sites for hydroxylation is 2. The molecule has 23 heavy (non-hydrogen) atoms. The molecule has 6 heteroatoms. The van der Waals surface area contributed by atoms with Crippen molar-refractivity contribution in [3.63, 3.8) is 0 Å². The minimum Gasteiger partial charge on any atom is -0.320 e. The number of benzene rings is 1. The number of nitrogens with zero attached hydrogens (tertiary/aromatic N) is 4. The molecular formula is C17H21N5O. The van der Waals surface area contributed by atoms with E-state index in [9.17, 15) is 4.79 Å². The maximum Gasteiger partial charge on any atom is 0.323 e. The Labute approximate surface area is 135 Å². The van der Waals surface area contributed by atoms with Crippen LogP contribution in [0.25, 0.3) is 5.57 Å². The van der Waals surface area contributed by atoms with Crippen molar-refractivity contribution < 1.29 is 4.79 Å². The lowest BCUT2D eigenvalue weighted by molar-refractivity contribution is 0.216. The molecule has 0 unspecified atom stereocenters. The molecule has 0 radical (unpaired) electrons. The van der Waals surface area contributed by atoms with Crippen molar-refractivity contribution in [3.8, 4) is 0 Å². The van der Waals surface area contributed by atoms with Gasteiger partial charge in [-0.05, 0) is 42.5 Å². The largest absolute Gasteiger partial charge is 0.323 e. The molecule has 120 valence electrons. The van der Waals surface area contributed by atoms with Gasteiger partial charge in [-0.1, -0.05) is 29.5 Å². The first-order chi connectivity index (χ1) is 11.1. The van der Waals surface area contributed by atoms with Crippen molar-refractivity contribution in [2.24, 2.45) is 7.05 Å². The highest BCUT2D eigenvalue weighted by molar-refractivity contribution is 5.89. The van der Waals surface area contributed by atoms with Crippen LogP contribution in [0.2, 0.25) is 0 Å². The zero-order chi connectivity index (χ0) is 16.4. The summed E-state index contributed by atoms with van der Waals surface area (Å²) < 4.78 is 1.54. The molecule has 1 aliphatic heterocycles. The van der Waals surface area contributed by atoms with E-state index in [1.807, 2.05) is 0 Å². The molecule has 1 N–H and O–H groups in total. The maximum atomic E-state index is 12.3. The van der Waals surface area contributed by atoms with Gasteiger partial charge in [-0.3, -0.25) is 5.32 Å². The fourth-order valence-corrected chi connectivity index (χ4v) is 2.79. The lowest BCUT2D eigenvalue weighted by Gasteiger charge is -2.27. The SMILES string of the molecule is Cc1cccc(C2=CCN(C(=O)Nc3cnnn3C)CC2)c1C. The zero-order valence-electron chi connectivity index (χ0n) is 13.7. The monoisotopic (exact) mass is 311 g/mol. The quantitative estimate of drug-likeness (QED) is 0.927. The van der Waals surface area contributed by atoms with Crippen molar-refractivity contribution in [1.29, 1.82) is 0 Å². The standard InChI is InChI=1S/C17H21N5O/c1-12-5-4-6-15(13(12)2)14-7-9-22(10-8-14)17(23)19-16-11-18-20-21(16)3/h4-7,11H,8-10H2,1-3H3,(H,19,23). The second kappa shape index (κ2) is 6.24. The summed E-state index contributed by atoms with van der Waals surface area (Å²) in [6.07, 6.45) is 4.55. The fourth-order valence-electron chi connectivity index (χ4n) is 2.79. The van der Waals surface area contributed by atoms with Crippen LogP contribution in [-0.2, 0) is 7.05 Å². The number of amides is 2. The topological polar surface area (TPSA) is 63.1 Å². The fraction of sp³-hybridized carbons (Fsp3) is 0.353. The third-order valence-corrected chi connectivity index (χ3v) is 4.40. The predicted octanol–water partition coefficient (Wildman–Crippen LogP) is 2.75. The first kappa shape index (κ1) is 15.3. The van der Waals surface area contributed by atoms with Crippen molar-refractivity contribution in [2.45, 2.75) is 20.3 Å². The lowest BCUT2D eigenvalue weighted by atomic mass is 9.93. The number of urea groups is 1. The Balaban J connectivity index is 1.69. The Morgan fingerprint density at radius 2 is 2.13 bits per heavy atom. The first-order valence-electron chi connectivity index (χ1n) is 7.72. The van der Waals surface area contributed by atoms with E-state index >= 15 is 0 Å².